The van der Waals surface area contributed by atoms with Gasteiger partial charge in [0, 0.05) is 13.6 Å². The van der Waals surface area contributed by atoms with Crippen LogP contribution < -0.4 is 10.6 Å². The lowest BCUT2D eigenvalue weighted by molar-refractivity contribution is 0.625. The van der Waals surface area contributed by atoms with E-state index >= 15 is 0 Å². The summed E-state index contributed by atoms with van der Waals surface area (Å²) in [5.41, 5.74) is 6.81. The lowest BCUT2D eigenvalue weighted by atomic mass is 10.2. The number of nitrogens with one attached hydrogen (secondary N) is 1. The average Bonchev–Trinajstić information content (AvgIpc) is 2.38. The SMILES string of the molecule is CN(Cc1cccc(F)c1)c1nnccc1C(=N)N. The Morgan fingerprint density at radius 2 is 2.21 bits per heavy atom. The lowest BCUT2D eigenvalue weighted by Gasteiger charge is -2.20. The van der Waals surface area contributed by atoms with E-state index in [-0.39, 0.29) is 11.7 Å². The van der Waals surface area contributed by atoms with Gasteiger partial charge in [-0.15, -0.1) is 5.10 Å². The molecule has 0 radical (unpaired) electrons. The highest BCUT2D eigenvalue weighted by Crippen LogP contribution is 2.17. The average molecular weight is 259 g/mol. The van der Waals surface area contributed by atoms with Crippen LogP contribution in [0.2, 0.25) is 0 Å². The third-order valence-electron chi connectivity index (χ3n) is 2.66. The fourth-order valence-corrected chi connectivity index (χ4v) is 1.80. The van der Waals surface area contributed by atoms with Crippen molar-refractivity contribution in [2.24, 2.45) is 5.73 Å². The van der Waals surface area contributed by atoms with Gasteiger partial charge in [-0.3, -0.25) is 5.41 Å². The Hall–Kier alpha value is -2.50. The van der Waals surface area contributed by atoms with E-state index in [2.05, 4.69) is 10.2 Å². The molecule has 0 spiro atoms. The maximum atomic E-state index is 13.1. The number of nitrogens with zero attached hydrogens (tertiary/aromatic N) is 3. The quantitative estimate of drug-likeness (QED) is 0.644. The van der Waals surface area contributed by atoms with E-state index in [0.29, 0.717) is 17.9 Å². The molecular weight excluding hydrogens is 245 g/mol. The van der Waals surface area contributed by atoms with Crippen molar-refractivity contribution in [2.75, 3.05) is 11.9 Å². The second-order valence-corrected chi connectivity index (χ2v) is 4.17. The number of halogens is 1. The zero-order chi connectivity index (χ0) is 13.8. The molecule has 0 aliphatic heterocycles. The van der Waals surface area contributed by atoms with E-state index in [4.69, 9.17) is 11.1 Å². The van der Waals surface area contributed by atoms with Gasteiger partial charge in [0.15, 0.2) is 5.82 Å². The molecule has 2 aromatic rings. The number of hydrogen-bond acceptors (Lipinski definition) is 4. The van der Waals surface area contributed by atoms with Gasteiger partial charge in [0.25, 0.3) is 0 Å². The lowest BCUT2D eigenvalue weighted by Crippen LogP contribution is -2.23. The molecule has 0 atom stereocenters. The zero-order valence-corrected chi connectivity index (χ0v) is 10.5. The Morgan fingerprint density at radius 3 is 2.89 bits per heavy atom. The predicted molar refractivity (Wildman–Crippen MR) is 71.6 cm³/mol. The van der Waals surface area contributed by atoms with Gasteiger partial charge in [0.2, 0.25) is 0 Å². The fourth-order valence-electron chi connectivity index (χ4n) is 1.80. The maximum Gasteiger partial charge on any atom is 0.162 e. The smallest absolute Gasteiger partial charge is 0.162 e. The highest BCUT2D eigenvalue weighted by Gasteiger charge is 2.12. The van der Waals surface area contributed by atoms with Crippen molar-refractivity contribution < 1.29 is 4.39 Å². The van der Waals surface area contributed by atoms with E-state index in [1.807, 2.05) is 6.07 Å². The molecule has 0 amide bonds. The number of aromatic nitrogens is 2. The predicted octanol–water partition coefficient (Wildman–Crippen LogP) is 1.54. The van der Waals surface area contributed by atoms with Crippen LogP contribution in [0, 0.1) is 11.2 Å². The Labute approximate surface area is 110 Å². The zero-order valence-electron chi connectivity index (χ0n) is 10.5. The van der Waals surface area contributed by atoms with Crippen molar-refractivity contribution >= 4 is 11.7 Å². The Morgan fingerprint density at radius 1 is 1.42 bits per heavy atom. The molecule has 0 unspecified atom stereocenters. The molecule has 2 rings (SSSR count). The van der Waals surface area contributed by atoms with Crippen molar-refractivity contribution in [1.29, 1.82) is 5.41 Å². The molecule has 0 bridgehead atoms. The fraction of sp³-hybridized carbons (Fsp3) is 0.154. The Kier molecular flexibility index (Phi) is 3.70. The molecular formula is C13H14FN5. The minimum atomic E-state index is -0.281. The first kappa shape index (κ1) is 12.9. The second kappa shape index (κ2) is 5.43. The van der Waals surface area contributed by atoms with Gasteiger partial charge in [-0.1, -0.05) is 12.1 Å². The maximum absolute atomic E-state index is 13.1. The summed E-state index contributed by atoms with van der Waals surface area (Å²) in [4.78, 5) is 1.78. The third-order valence-corrected chi connectivity index (χ3v) is 2.66. The van der Waals surface area contributed by atoms with Crippen LogP contribution in [0.4, 0.5) is 10.2 Å². The molecule has 5 nitrogen and oxygen atoms in total. The number of hydrogen-bond donors (Lipinski definition) is 2. The first-order valence-electron chi connectivity index (χ1n) is 5.69. The van der Waals surface area contributed by atoms with Crippen LogP contribution in [0.1, 0.15) is 11.1 Å². The Bertz CT molecular complexity index is 599. The van der Waals surface area contributed by atoms with Crippen LogP contribution in [0.3, 0.4) is 0 Å². The van der Waals surface area contributed by atoms with Crippen molar-refractivity contribution in [2.45, 2.75) is 6.54 Å². The second-order valence-electron chi connectivity index (χ2n) is 4.17. The molecule has 3 N–H and O–H groups in total. The summed E-state index contributed by atoms with van der Waals surface area (Å²) in [6.07, 6.45) is 1.48. The van der Waals surface area contributed by atoms with E-state index in [1.54, 1.807) is 24.1 Å². The standard InChI is InChI=1S/C13H14FN5/c1-19(8-9-3-2-4-10(14)7-9)13-11(12(15)16)5-6-17-18-13/h2-7H,8H2,1H3,(H3,15,16). The summed E-state index contributed by atoms with van der Waals surface area (Å²) >= 11 is 0. The summed E-state index contributed by atoms with van der Waals surface area (Å²) in [7, 11) is 1.79. The van der Waals surface area contributed by atoms with Crippen LogP contribution in [0.15, 0.2) is 36.5 Å². The summed E-state index contributed by atoms with van der Waals surface area (Å²) in [6, 6.07) is 7.96. The van der Waals surface area contributed by atoms with Gasteiger partial charge in [-0.25, -0.2) is 4.39 Å². The number of anilines is 1. The largest absolute Gasteiger partial charge is 0.384 e. The highest BCUT2D eigenvalue weighted by molar-refractivity contribution is 5.99. The molecule has 6 heteroatoms. The van der Waals surface area contributed by atoms with Gasteiger partial charge < -0.3 is 10.6 Å². The third kappa shape index (κ3) is 3.04. The first-order chi connectivity index (χ1) is 9.08. The molecule has 1 heterocycles. The van der Waals surface area contributed by atoms with Gasteiger partial charge in [0.05, 0.1) is 11.8 Å². The number of nitrogen functional groups attached to an aromatic ring is 1. The summed E-state index contributed by atoms with van der Waals surface area (Å²) in [5.74, 6) is 0.145. The summed E-state index contributed by atoms with van der Waals surface area (Å²) < 4.78 is 13.1. The van der Waals surface area contributed by atoms with Crippen molar-refractivity contribution in [3.63, 3.8) is 0 Å². The molecule has 0 saturated carbocycles. The minimum Gasteiger partial charge on any atom is -0.384 e. The highest BCUT2D eigenvalue weighted by atomic mass is 19.1. The molecule has 0 saturated heterocycles. The van der Waals surface area contributed by atoms with Crippen molar-refractivity contribution in [3.05, 3.63) is 53.5 Å². The molecule has 1 aromatic heterocycles. The molecule has 1 aromatic carbocycles. The summed E-state index contributed by atoms with van der Waals surface area (Å²) in [6.45, 7) is 0.455. The molecule has 0 aliphatic rings. The normalized spacial score (nSPS) is 10.2. The topological polar surface area (TPSA) is 78.9 Å². The van der Waals surface area contributed by atoms with E-state index < -0.39 is 0 Å². The Balaban J connectivity index is 2.25. The monoisotopic (exact) mass is 259 g/mol. The summed E-state index contributed by atoms with van der Waals surface area (Å²) in [5, 5.41) is 15.3. The number of rotatable bonds is 4. The number of amidine groups is 1. The van der Waals surface area contributed by atoms with Crippen LogP contribution in [0.5, 0.6) is 0 Å². The van der Waals surface area contributed by atoms with E-state index in [1.165, 1.54) is 18.3 Å². The van der Waals surface area contributed by atoms with Crippen LogP contribution in [-0.4, -0.2) is 23.1 Å². The molecule has 98 valence electrons. The van der Waals surface area contributed by atoms with Crippen LogP contribution in [0.25, 0.3) is 0 Å². The van der Waals surface area contributed by atoms with Crippen LogP contribution in [-0.2, 0) is 6.54 Å². The number of nitrogens with two attached hydrogens (primary N) is 1. The molecule has 19 heavy (non-hydrogen) atoms. The van der Waals surface area contributed by atoms with E-state index in [9.17, 15) is 4.39 Å². The molecule has 0 aliphatic carbocycles. The van der Waals surface area contributed by atoms with Gasteiger partial charge in [-0.2, -0.15) is 5.10 Å². The molecule has 0 fully saturated rings. The first-order valence-corrected chi connectivity index (χ1v) is 5.69. The van der Waals surface area contributed by atoms with Crippen molar-refractivity contribution in [3.8, 4) is 0 Å². The van der Waals surface area contributed by atoms with E-state index in [0.717, 1.165) is 5.56 Å². The number of benzene rings is 1. The van der Waals surface area contributed by atoms with Gasteiger partial charge >= 0.3 is 0 Å². The minimum absolute atomic E-state index is 0.0732. The van der Waals surface area contributed by atoms with Gasteiger partial charge in [-0.05, 0) is 23.8 Å². The van der Waals surface area contributed by atoms with Gasteiger partial charge in [0.1, 0.15) is 11.7 Å². The van der Waals surface area contributed by atoms with Crippen molar-refractivity contribution in [1.82, 2.24) is 10.2 Å². The van der Waals surface area contributed by atoms with Crippen LogP contribution >= 0.6 is 0 Å².